The number of carbonyl (C=O) groups excluding carboxylic acids is 1. The number of rotatable bonds is 2. The molecule has 2 aromatic carbocycles. The van der Waals surface area contributed by atoms with Crippen molar-refractivity contribution < 1.29 is 9.53 Å². The number of aryl methyl sites for hydroxylation is 1. The maximum atomic E-state index is 12.5. The highest BCUT2D eigenvalue weighted by atomic mass is 16.5. The largest absolute Gasteiger partial charge is 0.367 e. The van der Waals surface area contributed by atoms with E-state index in [2.05, 4.69) is 36.5 Å². The standard InChI is InChI=1S/C19H22N2O2/c1-14-8-10-16(11-9-14)18-13-21(12-15(2)23-18)19(22)20-17-6-4-3-5-7-17/h3-11,15,18H,12-13H2,1-2H3,(H,20,22). The van der Waals surface area contributed by atoms with Gasteiger partial charge in [-0.15, -0.1) is 0 Å². The van der Waals surface area contributed by atoms with Gasteiger partial charge in [0, 0.05) is 12.2 Å². The number of nitrogens with one attached hydrogen (secondary N) is 1. The van der Waals surface area contributed by atoms with E-state index in [0.29, 0.717) is 13.1 Å². The molecule has 1 N–H and O–H groups in total. The summed E-state index contributed by atoms with van der Waals surface area (Å²) >= 11 is 0. The lowest BCUT2D eigenvalue weighted by Gasteiger charge is -2.37. The van der Waals surface area contributed by atoms with Gasteiger partial charge in [0.05, 0.1) is 12.6 Å². The number of nitrogens with zero attached hydrogens (tertiary/aromatic N) is 1. The Bertz CT molecular complexity index is 655. The number of para-hydroxylation sites is 1. The minimum Gasteiger partial charge on any atom is -0.367 e. The molecule has 2 amide bonds. The molecule has 2 aromatic rings. The molecule has 0 aliphatic carbocycles. The number of hydrogen-bond donors (Lipinski definition) is 1. The average molecular weight is 310 g/mol. The van der Waals surface area contributed by atoms with Gasteiger partial charge in [-0.05, 0) is 31.5 Å². The number of hydrogen-bond acceptors (Lipinski definition) is 2. The van der Waals surface area contributed by atoms with E-state index >= 15 is 0 Å². The summed E-state index contributed by atoms with van der Waals surface area (Å²) < 4.78 is 6.02. The lowest BCUT2D eigenvalue weighted by atomic mass is 10.1. The third kappa shape index (κ3) is 3.90. The molecule has 120 valence electrons. The fourth-order valence-electron chi connectivity index (χ4n) is 2.81. The fraction of sp³-hybridized carbons (Fsp3) is 0.316. The number of anilines is 1. The van der Waals surface area contributed by atoms with Crippen molar-refractivity contribution in [1.29, 1.82) is 0 Å². The van der Waals surface area contributed by atoms with Gasteiger partial charge >= 0.3 is 6.03 Å². The molecule has 2 unspecified atom stereocenters. The molecule has 4 heteroatoms. The Morgan fingerprint density at radius 2 is 1.78 bits per heavy atom. The summed E-state index contributed by atoms with van der Waals surface area (Å²) in [6.45, 7) is 5.23. The number of amides is 2. The second kappa shape index (κ2) is 6.84. The Labute approximate surface area is 137 Å². The molecular formula is C19H22N2O2. The van der Waals surface area contributed by atoms with E-state index in [4.69, 9.17) is 4.74 Å². The van der Waals surface area contributed by atoms with Crippen molar-refractivity contribution in [3.8, 4) is 0 Å². The van der Waals surface area contributed by atoms with Gasteiger partial charge < -0.3 is 15.0 Å². The fourth-order valence-corrected chi connectivity index (χ4v) is 2.81. The highest BCUT2D eigenvalue weighted by molar-refractivity contribution is 5.89. The van der Waals surface area contributed by atoms with Crippen LogP contribution in [0.2, 0.25) is 0 Å². The molecule has 0 spiro atoms. The summed E-state index contributed by atoms with van der Waals surface area (Å²) in [5, 5.41) is 2.94. The lowest BCUT2D eigenvalue weighted by molar-refractivity contribution is -0.0642. The van der Waals surface area contributed by atoms with E-state index in [1.54, 1.807) is 0 Å². The van der Waals surface area contributed by atoms with Crippen LogP contribution in [0.3, 0.4) is 0 Å². The van der Waals surface area contributed by atoms with E-state index in [1.165, 1.54) is 5.56 Å². The second-order valence-corrected chi connectivity index (χ2v) is 6.05. The Morgan fingerprint density at radius 3 is 2.48 bits per heavy atom. The summed E-state index contributed by atoms with van der Waals surface area (Å²) in [6.07, 6.45) is -0.0718. The van der Waals surface area contributed by atoms with Gasteiger partial charge in [-0.1, -0.05) is 48.0 Å². The molecule has 4 nitrogen and oxygen atoms in total. The summed E-state index contributed by atoms with van der Waals surface area (Å²) in [5.41, 5.74) is 3.14. The Balaban J connectivity index is 1.70. The molecule has 1 saturated heterocycles. The van der Waals surface area contributed by atoms with E-state index in [1.807, 2.05) is 42.2 Å². The van der Waals surface area contributed by atoms with Gasteiger partial charge in [0.15, 0.2) is 0 Å². The smallest absolute Gasteiger partial charge is 0.322 e. The van der Waals surface area contributed by atoms with Crippen LogP contribution in [0.1, 0.15) is 24.2 Å². The summed E-state index contributed by atoms with van der Waals surface area (Å²) in [7, 11) is 0. The van der Waals surface area contributed by atoms with E-state index in [9.17, 15) is 4.79 Å². The van der Waals surface area contributed by atoms with Crippen LogP contribution in [0.4, 0.5) is 10.5 Å². The number of ether oxygens (including phenoxy) is 1. The number of morpholine rings is 1. The zero-order chi connectivity index (χ0) is 16.2. The van der Waals surface area contributed by atoms with Gasteiger partial charge in [-0.3, -0.25) is 0 Å². The van der Waals surface area contributed by atoms with Crippen LogP contribution in [-0.2, 0) is 4.74 Å². The van der Waals surface area contributed by atoms with Crippen molar-refractivity contribution in [2.45, 2.75) is 26.1 Å². The molecule has 0 radical (unpaired) electrons. The van der Waals surface area contributed by atoms with Gasteiger partial charge in [0.1, 0.15) is 6.10 Å². The summed E-state index contributed by atoms with van der Waals surface area (Å²) in [4.78, 5) is 14.3. The third-order valence-corrected chi connectivity index (χ3v) is 4.02. The molecule has 0 bridgehead atoms. The van der Waals surface area contributed by atoms with Crippen LogP contribution < -0.4 is 5.32 Å². The van der Waals surface area contributed by atoms with E-state index < -0.39 is 0 Å². The lowest BCUT2D eigenvalue weighted by Crippen LogP contribution is -2.47. The molecule has 1 heterocycles. The normalized spacial score (nSPS) is 21.0. The summed E-state index contributed by atoms with van der Waals surface area (Å²) in [5.74, 6) is 0. The zero-order valence-electron chi connectivity index (χ0n) is 13.5. The topological polar surface area (TPSA) is 41.6 Å². The molecule has 0 aromatic heterocycles. The SMILES string of the molecule is Cc1ccc(C2CN(C(=O)Nc3ccccc3)CC(C)O2)cc1. The van der Waals surface area contributed by atoms with Gasteiger partial charge in [-0.25, -0.2) is 4.79 Å². The number of carbonyl (C=O) groups is 1. The first-order valence-electron chi connectivity index (χ1n) is 7.95. The molecule has 1 aliphatic rings. The molecule has 2 atom stereocenters. The molecule has 1 aliphatic heterocycles. The van der Waals surface area contributed by atoms with Gasteiger partial charge in [0.25, 0.3) is 0 Å². The third-order valence-electron chi connectivity index (χ3n) is 4.02. The Hall–Kier alpha value is -2.33. The monoisotopic (exact) mass is 310 g/mol. The van der Waals surface area contributed by atoms with Crippen molar-refractivity contribution >= 4 is 11.7 Å². The van der Waals surface area contributed by atoms with Gasteiger partial charge in [-0.2, -0.15) is 0 Å². The molecule has 1 fully saturated rings. The van der Waals surface area contributed by atoms with Crippen LogP contribution in [0, 0.1) is 6.92 Å². The van der Waals surface area contributed by atoms with Gasteiger partial charge in [0.2, 0.25) is 0 Å². The number of urea groups is 1. The maximum absolute atomic E-state index is 12.5. The molecule has 0 saturated carbocycles. The van der Waals surface area contributed by atoms with Crippen molar-refractivity contribution in [2.75, 3.05) is 18.4 Å². The first-order chi connectivity index (χ1) is 11.1. The van der Waals surface area contributed by atoms with Crippen molar-refractivity contribution in [1.82, 2.24) is 4.90 Å². The first kappa shape index (κ1) is 15.6. The minimum absolute atomic E-state index is 0.0107. The zero-order valence-corrected chi connectivity index (χ0v) is 13.5. The van der Waals surface area contributed by atoms with Crippen LogP contribution in [0.25, 0.3) is 0 Å². The highest BCUT2D eigenvalue weighted by Gasteiger charge is 2.29. The molecular weight excluding hydrogens is 288 g/mol. The second-order valence-electron chi connectivity index (χ2n) is 6.05. The Kier molecular flexibility index (Phi) is 4.63. The predicted octanol–water partition coefficient (Wildman–Crippen LogP) is 3.99. The van der Waals surface area contributed by atoms with Crippen molar-refractivity contribution in [3.63, 3.8) is 0 Å². The predicted molar refractivity (Wildman–Crippen MR) is 91.5 cm³/mol. The Morgan fingerprint density at radius 1 is 1.09 bits per heavy atom. The van der Waals surface area contributed by atoms with E-state index in [0.717, 1.165) is 11.3 Å². The maximum Gasteiger partial charge on any atom is 0.322 e. The van der Waals surface area contributed by atoms with Crippen LogP contribution in [0.15, 0.2) is 54.6 Å². The van der Waals surface area contributed by atoms with Crippen LogP contribution in [0.5, 0.6) is 0 Å². The van der Waals surface area contributed by atoms with Crippen molar-refractivity contribution in [3.05, 3.63) is 65.7 Å². The quantitative estimate of drug-likeness (QED) is 0.911. The van der Waals surface area contributed by atoms with Crippen molar-refractivity contribution in [2.24, 2.45) is 0 Å². The molecule has 3 rings (SSSR count). The van der Waals surface area contributed by atoms with E-state index in [-0.39, 0.29) is 18.2 Å². The number of benzene rings is 2. The minimum atomic E-state index is -0.0825. The van der Waals surface area contributed by atoms with Crippen LogP contribution in [-0.4, -0.2) is 30.1 Å². The van der Waals surface area contributed by atoms with Crippen LogP contribution >= 0.6 is 0 Å². The summed E-state index contributed by atoms with van der Waals surface area (Å²) in [6, 6.07) is 17.7. The molecule has 23 heavy (non-hydrogen) atoms. The first-order valence-corrected chi connectivity index (χ1v) is 7.95. The average Bonchev–Trinajstić information content (AvgIpc) is 2.56. The highest BCUT2D eigenvalue weighted by Crippen LogP contribution is 2.26.